The average molecular weight is 422 g/mol. The number of nitrogens with zero attached hydrogens (tertiary/aromatic N) is 1. The van der Waals surface area contributed by atoms with Gasteiger partial charge in [0, 0.05) is 16.5 Å². The van der Waals surface area contributed by atoms with Crippen molar-refractivity contribution in [3.8, 4) is 11.5 Å². The van der Waals surface area contributed by atoms with E-state index in [-0.39, 0.29) is 17.7 Å². The van der Waals surface area contributed by atoms with Crippen LogP contribution in [-0.4, -0.2) is 15.3 Å². The Morgan fingerprint density at radius 1 is 1.20 bits per heavy atom. The fourth-order valence-corrected chi connectivity index (χ4v) is 2.84. The van der Waals surface area contributed by atoms with Crippen molar-refractivity contribution in [2.45, 2.75) is 13.0 Å². The highest BCUT2D eigenvalue weighted by Crippen LogP contribution is 2.31. The van der Waals surface area contributed by atoms with E-state index >= 15 is 0 Å². The summed E-state index contributed by atoms with van der Waals surface area (Å²) in [7, 11) is 0. The van der Waals surface area contributed by atoms with E-state index in [4.69, 9.17) is 16.3 Å². The highest BCUT2D eigenvalue weighted by molar-refractivity contribution is 9.10. The lowest BCUT2D eigenvalue weighted by Gasteiger charge is -2.10. The molecule has 0 aliphatic rings. The third-order valence-electron chi connectivity index (χ3n) is 3.51. The zero-order valence-electron chi connectivity index (χ0n) is 13.0. The van der Waals surface area contributed by atoms with Crippen LogP contribution in [0, 0.1) is 0 Å². The van der Waals surface area contributed by atoms with Crippen molar-refractivity contribution in [1.82, 2.24) is 10.2 Å². The zero-order valence-corrected chi connectivity index (χ0v) is 15.3. The van der Waals surface area contributed by atoms with E-state index in [0.717, 1.165) is 10.0 Å². The molecule has 0 amide bonds. The summed E-state index contributed by atoms with van der Waals surface area (Å²) in [5.74, 6) is 1.20. The third kappa shape index (κ3) is 4.48. The summed E-state index contributed by atoms with van der Waals surface area (Å²) in [5, 5.41) is 16.1. The fraction of sp³-hybridized carbons (Fsp3) is 0.111. The van der Waals surface area contributed by atoms with Crippen LogP contribution in [0.4, 0.5) is 0 Å². The first-order valence-electron chi connectivity index (χ1n) is 7.45. The first-order valence-corrected chi connectivity index (χ1v) is 8.62. The standard InChI is InChI=1S/C18H14BrClN2O3/c19-13-2-1-3-15(9-13)25-17-7-11(4-5-16(17)20)6-14-8-12(10-23)18(24)22-21-14/h1-5,7-9,23H,6,10H2,(H,22,24). The smallest absolute Gasteiger partial charge is 0.269 e. The second-order valence-corrected chi connectivity index (χ2v) is 6.70. The van der Waals surface area contributed by atoms with Crippen LogP contribution in [0.1, 0.15) is 16.8 Å². The molecule has 1 heterocycles. The Hall–Kier alpha value is -2.15. The number of aliphatic hydroxyl groups is 1. The lowest BCUT2D eigenvalue weighted by Crippen LogP contribution is -2.15. The number of aromatic amines is 1. The Morgan fingerprint density at radius 3 is 2.80 bits per heavy atom. The monoisotopic (exact) mass is 420 g/mol. The molecule has 2 N–H and O–H groups in total. The molecule has 5 nitrogen and oxygen atoms in total. The molecule has 0 radical (unpaired) electrons. The molecular formula is C18H14BrClN2O3. The summed E-state index contributed by atoms with van der Waals surface area (Å²) in [6, 6.07) is 14.5. The summed E-state index contributed by atoms with van der Waals surface area (Å²) in [5.41, 5.74) is 1.45. The van der Waals surface area contributed by atoms with Crippen molar-refractivity contribution in [3.63, 3.8) is 0 Å². The number of halogens is 2. The maximum absolute atomic E-state index is 11.5. The van der Waals surface area contributed by atoms with Crippen LogP contribution in [-0.2, 0) is 13.0 Å². The number of hydrogen-bond donors (Lipinski definition) is 2. The van der Waals surface area contributed by atoms with Crippen molar-refractivity contribution < 1.29 is 9.84 Å². The van der Waals surface area contributed by atoms with E-state index in [9.17, 15) is 9.90 Å². The van der Waals surface area contributed by atoms with Gasteiger partial charge in [0.25, 0.3) is 5.56 Å². The van der Waals surface area contributed by atoms with Crippen molar-refractivity contribution >= 4 is 27.5 Å². The topological polar surface area (TPSA) is 75.2 Å². The molecule has 0 fully saturated rings. The molecule has 128 valence electrons. The van der Waals surface area contributed by atoms with Crippen molar-refractivity contribution in [2.24, 2.45) is 0 Å². The minimum Gasteiger partial charge on any atom is -0.456 e. The molecule has 3 aromatic rings. The molecule has 0 atom stereocenters. The van der Waals surface area contributed by atoms with Crippen LogP contribution in [0.5, 0.6) is 11.5 Å². The largest absolute Gasteiger partial charge is 0.456 e. The van der Waals surface area contributed by atoms with Gasteiger partial charge in [0.15, 0.2) is 0 Å². The minimum atomic E-state index is -0.388. The van der Waals surface area contributed by atoms with E-state index in [1.54, 1.807) is 12.1 Å². The highest BCUT2D eigenvalue weighted by atomic mass is 79.9. The molecule has 0 spiro atoms. The Kier molecular flexibility index (Phi) is 5.53. The van der Waals surface area contributed by atoms with Gasteiger partial charge in [-0.1, -0.05) is 39.7 Å². The Bertz CT molecular complexity index is 959. The lowest BCUT2D eigenvalue weighted by molar-refractivity contribution is 0.279. The van der Waals surface area contributed by atoms with Gasteiger partial charge in [-0.2, -0.15) is 5.10 Å². The first kappa shape index (κ1) is 17.7. The summed E-state index contributed by atoms with van der Waals surface area (Å²) >= 11 is 9.63. The molecule has 25 heavy (non-hydrogen) atoms. The molecular weight excluding hydrogens is 408 g/mol. The van der Waals surface area contributed by atoms with Gasteiger partial charge in [-0.3, -0.25) is 4.79 Å². The van der Waals surface area contributed by atoms with E-state index < -0.39 is 0 Å². The second kappa shape index (κ2) is 7.82. The fourth-order valence-electron chi connectivity index (χ4n) is 2.30. The van der Waals surface area contributed by atoms with Crippen molar-refractivity contribution in [3.05, 3.63) is 85.2 Å². The third-order valence-corrected chi connectivity index (χ3v) is 4.31. The predicted octanol–water partition coefficient (Wildman–Crippen LogP) is 4.06. The van der Waals surface area contributed by atoms with Crippen LogP contribution in [0.15, 0.2) is 57.8 Å². The Morgan fingerprint density at radius 2 is 2.04 bits per heavy atom. The first-order chi connectivity index (χ1) is 12.0. The summed E-state index contributed by atoms with van der Waals surface area (Å²) in [6.07, 6.45) is 0.468. The number of ether oxygens (including phenoxy) is 1. The molecule has 0 saturated carbocycles. The Balaban J connectivity index is 1.85. The molecule has 2 aromatic carbocycles. The van der Waals surface area contributed by atoms with Crippen LogP contribution in [0.3, 0.4) is 0 Å². The van der Waals surface area contributed by atoms with Gasteiger partial charge in [0.1, 0.15) is 11.5 Å². The van der Waals surface area contributed by atoms with Gasteiger partial charge in [-0.15, -0.1) is 0 Å². The molecule has 3 rings (SSSR count). The van der Waals surface area contributed by atoms with E-state index in [0.29, 0.717) is 28.6 Å². The summed E-state index contributed by atoms with van der Waals surface area (Å²) in [6.45, 7) is -0.331. The number of H-pyrrole nitrogens is 1. The van der Waals surface area contributed by atoms with E-state index in [1.165, 1.54) is 0 Å². The molecule has 0 saturated heterocycles. The summed E-state index contributed by atoms with van der Waals surface area (Å²) < 4.78 is 6.76. The molecule has 0 bridgehead atoms. The van der Waals surface area contributed by atoms with Crippen LogP contribution >= 0.6 is 27.5 Å². The molecule has 0 unspecified atom stereocenters. The lowest BCUT2D eigenvalue weighted by atomic mass is 10.1. The van der Waals surface area contributed by atoms with Gasteiger partial charge in [0.2, 0.25) is 0 Å². The number of nitrogens with one attached hydrogen (secondary N) is 1. The maximum Gasteiger partial charge on any atom is 0.269 e. The summed E-state index contributed by atoms with van der Waals surface area (Å²) in [4.78, 5) is 11.5. The number of aromatic nitrogens is 2. The number of benzene rings is 2. The minimum absolute atomic E-state index is 0.282. The maximum atomic E-state index is 11.5. The van der Waals surface area contributed by atoms with E-state index in [2.05, 4.69) is 26.1 Å². The van der Waals surface area contributed by atoms with Crippen LogP contribution in [0.2, 0.25) is 5.02 Å². The zero-order chi connectivity index (χ0) is 17.8. The quantitative estimate of drug-likeness (QED) is 0.651. The Labute approximate surface area is 157 Å². The van der Waals surface area contributed by atoms with Gasteiger partial charge in [-0.05, 0) is 42.0 Å². The van der Waals surface area contributed by atoms with Crippen LogP contribution < -0.4 is 10.3 Å². The predicted molar refractivity (Wildman–Crippen MR) is 99.3 cm³/mol. The highest BCUT2D eigenvalue weighted by Gasteiger charge is 2.08. The molecule has 7 heteroatoms. The SMILES string of the molecule is O=c1[nH]nc(Cc2ccc(Cl)c(Oc3cccc(Br)c3)c2)cc1CO. The normalized spacial score (nSPS) is 10.7. The van der Waals surface area contributed by atoms with E-state index in [1.807, 2.05) is 36.4 Å². The molecule has 0 aliphatic heterocycles. The average Bonchev–Trinajstić information content (AvgIpc) is 2.59. The van der Waals surface area contributed by atoms with Gasteiger partial charge in [0.05, 0.1) is 17.3 Å². The van der Waals surface area contributed by atoms with Crippen molar-refractivity contribution in [2.75, 3.05) is 0 Å². The van der Waals surface area contributed by atoms with Gasteiger partial charge in [-0.25, -0.2) is 5.10 Å². The second-order valence-electron chi connectivity index (χ2n) is 5.37. The van der Waals surface area contributed by atoms with Crippen LogP contribution in [0.25, 0.3) is 0 Å². The number of aliphatic hydroxyl groups excluding tert-OH is 1. The molecule has 0 aliphatic carbocycles. The number of rotatable bonds is 5. The van der Waals surface area contributed by atoms with Gasteiger partial charge >= 0.3 is 0 Å². The van der Waals surface area contributed by atoms with Gasteiger partial charge < -0.3 is 9.84 Å². The van der Waals surface area contributed by atoms with Crippen molar-refractivity contribution in [1.29, 1.82) is 0 Å². The molecule has 1 aromatic heterocycles. The number of hydrogen-bond acceptors (Lipinski definition) is 4.